The third-order valence-corrected chi connectivity index (χ3v) is 2.25. The van der Waals surface area contributed by atoms with Crippen molar-refractivity contribution in [2.45, 2.75) is 20.1 Å². The Morgan fingerprint density at radius 2 is 2.11 bits per heavy atom. The zero-order valence-corrected chi connectivity index (χ0v) is 11.5. The van der Waals surface area contributed by atoms with Gasteiger partial charge in [-0.25, -0.2) is 0 Å². The summed E-state index contributed by atoms with van der Waals surface area (Å²) in [7, 11) is 1.65. The molecule has 1 rings (SSSR count). The van der Waals surface area contributed by atoms with Crippen molar-refractivity contribution < 1.29 is 18.3 Å². The topological polar surface area (TPSA) is 50.4 Å². The average molecular weight is 295 g/mol. The van der Waals surface area contributed by atoms with Crippen LogP contribution in [0.4, 0.5) is 8.78 Å². The number of nitrogens with one attached hydrogen (secondary N) is 2. The van der Waals surface area contributed by atoms with Crippen LogP contribution < -0.4 is 15.4 Å². The van der Waals surface area contributed by atoms with Crippen molar-refractivity contribution in [2.75, 3.05) is 13.6 Å². The van der Waals surface area contributed by atoms with E-state index in [1.807, 2.05) is 6.92 Å². The van der Waals surface area contributed by atoms with Crippen LogP contribution in [-0.4, -0.2) is 26.1 Å². The van der Waals surface area contributed by atoms with Gasteiger partial charge in [0.15, 0.2) is 0 Å². The molecule has 19 heavy (non-hydrogen) atoms. The standard InChI is InChI=1S/C12H16F2N2O2.ClH/c1-8-3-4-10(18-12(13)14)9(5-8)6-16-11(17)7-15-2;/h3-5,12,15H,6-7H2,1-2H3,(H,16,17);1H. The first-order chi connectivity index (χ1) is 8.52. The first-order valence-electron chi connectivity index (χ1n) is 5.48. The fraction of sp³-hybridized carbons (Fsp3) is 0.417. The maximum absolute atomic E-state index is 12.2. The molecule has 0 aliphatic carbocycles. The number of alkyl halides is 2. The van der Waals surface area contributed by atoms with E-state index in [-0.39, 0.29) is 37.2 Å². The molecule has 1 amide bonds. The summed E-state index contributed by atoms with van der Waals surface area (Å²) in [5.41, 5.74) is 1.44. The predicted octanol–water partition coefficient (Wildman–Crippen LogP) is 1.85. The summed E-state index contributed by atoms with van der Waals surface area (Å²) in [4.78, 5) is 11.3. The molecule has 0 heterocycles. The van der Waals surface area contributed by atoms with Crippen LogP contribution in [0.25, 0.3) is 0 Å². The molecule has 0 unspecified atom stereocenters. The molecule has 0 bridgehead atoms. The quantitative estimate of drug-likeness (QED) is 0.842. The Kier molecular flexibility index (Phi) is 8.02. The Bertz CT molecular complexity index is 417. The van der Waals surface area contributed by atoms with Crippen molar-refractivity contribution >= 4 is 18.3 Å². The summed E-state index contributed by atoms with van der Waals surface area (Å²) in [5.74, 6) is -0.123. The number of hydrogen-bond acceptors (Lipinski definition) is 3. The van der Waals surface area contributed by atoms with Gasteiger partial charge in [-0.1, -0.05) is 17.7 Å². The number of halogens is 3. The Morgan fingerprint density at radius 3 is 2.68 bits per heavy atom. The van der Waals surface area contributed by atoms with Gasteiger partial charge in [-0.15, -0.1) is 12.4 Å². The van der Waals surface area contributed by atoms with E-state index < -0.39 is 6.61 Å². The largest absolute Gasteiger partial charge is 0.434 e. The molecule has 0 aromatic heterocycles. The molecule has 0 atom stereocenters. The summed E-state index contributed by atoms with van der Waals surface area (Å²) in [6, 6.07) is 4.86. The van der Waals surface area contributed by atoms with Crippen LogP contribution in [0, 0.1) is 6.92 Å². The summed E-state index contributed by atoms with van der Waals surface area (Å²) < 4.78 is 28.8. The van der Waals surface area contributed by atoms with Gasteiger partial charge in [0.2, 0.25) is 5.91 Å². The van der Waals surface area contributed by atoms with Crippen LogP contribution in [0.2, 0.25) is 0 Å². The SMILES string of the molecule is CNCC(=O)NCc1cc(C)ccc1OC(F)F.Cl. The molecule has 0 saturated carbocycles. The van der Waals surface area contributed by atoms with Gasteiger partial charge in [0.25, 0.3) is 0 Å². The zero-order valence-electron chi connectivity index (χ0n) is 10.7. The maximum Gasteiger partial charge on any atom is 0.387 e. The molecular formula is C12H17ClF2N2O2. The fourth-order valence-corrected chi connectivity index (χ4v) is 1.47. The highest BCUT2D eigenvalue weighted by molar-refractivity contribution is 5.85. The number of rotatable bonds is 6. The second-order valence-corrected chi connectivity index (χ2v) is 3.80. The molecule has 108 valence electrons. The summed E-state index contributed by atoms with van der Waals surface area (Å²) in [6.45, 7) is -0.703. The molecule has 1 aromatic rings. The predicted molar refractivity (Wildman–Crippen MR) is 70.8 cm³/mol. The average Bonchev–Trinajstić information content (AvgIpc) is 2.29. The number of benzene rings is 1. The molecule has 7 heteroatoms. The third kappa shape index (κ3) is 6.35. The van der Waals surface area contributed by atoms with Gasteiger partial charge >= 0.3 is 6.61 Å². The normalized spacial score (nSPS) is 9.95. The van der Waals surface area contributed by atoms with E-state index in [1.165, 1.54) is 6.07 Å². The second kappa shape index (κ2) is 8.66. The minimum Gasteiger partial charge on any atom is -0.434 e. The van der Waals surface area contributed by atoms with Gasteiger partial charge < -0.3 is 15.4 Å². The lowest BCUT2D eigenvalue weighted by Crippen LogP contribution is -2.31. The maximum atomic E-state index is 12.2. The minimum atomic E-state index is -2.88. The molecule has 0 fully saturated rings. The number of hydrogen-bond donors (Lipinski definition) is 2. The second-order valence-electron chi connectivity index (χ2n) is 3.80. The number of carbonyl (C=O) groups is 1. The summed E-state index contributed by atoms with van der Waals surface area (Å²) in [5, 5.41) is 5.31. The fourth-order valence-electron chi connectivity index (χ4n) is 1.47. The summed E-state index contributed by atoms with van der Waals surface area (Å²) in [6.07, 6.45) is 0. The highest BCUT2D eigenvalue weighted by atomic mass is 35.5. The molecule has 0 saturated heterocycles. The van der Waals surface area contributed by atoms with Crippen LogP contribution in [0.5, 0.6) is 5.75 Å². The highest BCUT2D eigenvalue weighted by Crippen LogP contribution is 2.21. The van der Waals surface area contributed by atoms with Gasteiger partial charge in [0, 0.05) is 12.1 Å². The Morgan fingerprint density at radius 1 is 1.42 bits per heavy atom. The van der Waals surface area contributed by atoms with E-state index in [0.717, 1.165) is 5.56 Å². The lowest BCUT2D eigenvalue weighted by Gasteiger charge is -2.12. The Labute approximate surface area is 116 Å². The van der Waals surface area contributed by atoms with E-state index in [1.54, 1.807) is 19.2 Å². The lowest BCUT2D eigenvalue weighted by molar-refractivity contribution is -0.120. The van der Waals surface area contributed by atoms with E-state index in [2.05, 4.69) is 15.4 Å². The molecule has 0 aliphatic heterocycles. The number of likely N-dealkylation sites (N-methyl/N-ethyl adjacent to an activating group) is 1. The van der Waals surface area contributed by atoms with E-state index in [9.17, 15) is 13.6 Å². The van der Waals surface area contributed by atoms with Crippen LogP contribution in [-0.2, 0) is 11.3 Å². The number of ether oxygens (including phenoxy) is 1. The first kappa shape index (κ1) is 17.6. The molecule has 0 aliphatic rings. The van der Waals surface area contributed by atoms with E-state index in [4.69, 9.17) is 0 Å². The van der Waals surface area contributed by atoms with E-state index in [0.29, 0.717) is 5.56 Å². The molecule has 0 spiro atoms. The molecular weight excluding hydrogens is 278 g/mol. The van der Waals surface area contributed by atoms with Gasteiger partial charge in [-0.05, 0) is 20.0 Å². The number of carbonyl (C=O) groups excluding carboxylic acids is 1. The highest BCUT2D eigenvalue weighted by Gasteiger charge is 2.10. The molecule has 2 N–H and O–H groups in total. The van der Waals surface area contributed by atoms with Crippen LogP contribution in [0.1, 0.15) is 11.1 Å². The van der Waals surface area contributed by atoms with Gasteiger partial charge in [0.05, 0.1) is 6.54 Å². The Balaban J connectivity index is 0.00000324. The van der Waals surface area contributed by atoms with Crippen molar-refractivity contribution in [1.29, 1.82) is 0 Å². The third-order valence-electron chi connectivity index (χ3n) is 2.25. The molecule has 1 aromatic carbocycles. The minimum absolute atomic E-state index is 0. The van der Waals surface area contributed by atoms with Crippen LogP contribution in [0.3, 0.4) is 0 Å². The smallest absolute Gasteiger partial charge is 0.387 e. The number of aryl methyl sites for hydroxylation is 1. The first-order valence-corrected chi connectivity index (χ1v) is 5.48. The molecule has 0 radical (unpaired) electrons. The Hall–Kier alpha value is -1.40. The van der Waals surface area contributed by atoms with E-state index >= 15 is 0 Å². The van der Waals surface area contributed by atoms with Crippen molar-refractivity contribution in [3.05, 3.63) is 29.3 Å². The van der Waals surface area contributed by atoms with Gasteiger partial charge in [-0.2, -0.15) is 8.78 Å². The number of amides is 1. The lowest BCUT2D eigenvalue weighted by atomic mass is 10.1. The van der Waals surface area contributed by atoms with Gasteiger partial charge in [-0.3, -0.25) is 4.79 Å². The zero-order chi connectivity index (χ0) is 13.5. The van der Waals surface area contributed by atoms with Gasteiger partial charge in [0.1, 0.15) is 5.75 Å². The van der Waals surface area contributed by atoms with Crippen molar-refractivity contribution in [3.63, 3.8) is 0 Å². The summed E-state index contributed by atoms with van der Waals surface area (Å²) >= 11 is 0. The molecule has 4 nitrogen and oxygen atoms in total. The van der Waals surface area contributed by atoms with Crippen LogP contribution in [0.15, 0.2) is 18.2 Å². The van der Waals surface area contributed by atoms with Crippen molar-refractivity contribution in [1.82, 2.24) is 10.6 Å². The monoisotopic (exact) mass is 294 g/mol. The van der Waals surface area contributed by atoms with Crippen molar-refractivity contribution in [2.24, 2.45) is 0 Å². The van der Waals surface area contributed by atoms with Crippen LogP contribution >= 0.6 is 12.4 Å². The van der Waals surface area contributed by atoms with Crippen molar-refractivity contribution in [3.8, 4) is 5.75 Å².